The summed E-state index contributed by atoms with van der Waals surface area (Å²) in [5.74, 6) is 0.796. The first-order chi connectivity index (χ1) is 8.73. The molecule has 2 atom stereocenters. The van der Waals surface area contributed by atoms with Crippen molar-refractivity contribution in [3.8, 4) is 0 Å². The maximum absolute atomic E-state index is 12.2. The topological polar surface area (TPSA) is 58.4 Å². The Morgan fingerprint density at radius 2 is 2.11 bits per heavy atom. The first kappa shape index (κ1) is 16.4. The number of likely N-dealkylation sites (N-methyl/N-ethyl adjacent to an activating group) is 1. The van der Waals surface area contributed by atoms with E-state index in [1.165, 1.54) is 12.8 Å². The monoisotopic (exact) mass is 269 g/mol. The van der Waals surface area contributed by atoms with Gasteiger partial charge in [-0.3, -0.25) is 4.79 Å². The van der Waals surface area contributed by atoms with Gasteiger partial charge in [0.2, 0.25) is 5.91 Å². The number of nitrogens with zero attached hydrogens (tertiary/aromatic N) is 1. The van der Waals surface area contributed by atoms with E-state index < -0.39 is 5.41 Å². The molecule has 0 aromatic heterocycles. The Bertz CT molecular complexity index is 315. The van der Waals surface area contributed by atoms with Gasteiger partial charge in [0.25, 0.3) is 0 Å². The van der Waals surface area contributed by atoms with Crippen molar-refractivity contribution in [2.24, 2.45) is 17.1 Å². The first-order valence-electron chi connectivity index (χ1n) is 7.39. The van der Waals surface area contributed by atoms with E-state index >= 15 is 0 Å². The molecule has 0 heterocycles. The summed E-state index contributed by atoms with van der Waals surface area (Å²) in [4.78, 5) is 14.5. The van der Waals surface area contributed by atoms with E-state index in [2.05, 4.69) is 31.2 Å². The largest absolute Gasteiger partial charge is 0.354 e. The number of rotatable bonds is 5. The highest BCUT2D eigenvalue weighted by atomic mass is 16.2. The molecule has 0 spiro atoms. The van der Waals surface area contributed by atoms with Crippen LogP contribution in [0.25, 0.3) is 0 Å². The minimum Gasteiger partial charge on any atom is -0.354 e. The molecule has 4 nitrogen and oxygen atoms in total. The van der Waals surface area contributed by atoms with E-state index in [9.17, 15) is 4.79 Å². The van der Waals surface area contributed by atoms with Crippen LogP contribution in [0.4, 0.5) is 0 Å². The van der Waals surface area contributed by atoms with Crippen molar-refractivity contribution in [1.82, 2.24) is 10.2 Å². The summed E-state index contributed by atoms with van der Waals surface area (Å²) in [5.41, 5.74) is 5.29. The quantitative estimate of drug-likeness (QED) is 0.797. The second kappa shape index (κ2) is 6.23. The number of carbonyl (C=O) groups excluding carboxylic acids is 1. The van der Waals surface area contributed by atoms with E-state index in [4.69, 9.17) is 5.73 Å². The van der Waals surface area contributed by atoms with Gasteiger partial charge < -0.3 is 16.0 Å². The van der Waals surface area contributed by atoms with Crippen molar-refractivity contribution < 1.29 is 4.79 Å². The van der Waals surface area contributed by atoms with Crippen molar-refractivity contribution in [3.05, 3.63) is 0 Å². The minimum absolute atomic E-state index is 0.0643. The lowest BCUT2D eigenvalue weighted by Gasteiger charge is -2.45. The summed E-state index contributed by atoms with van der Waals surface area (Å²) in [5, 5.41) is 3.13. The van der Waals surface area contributed by atoms with E-state index in [-0.39, 0.29) is 11.4 Å². The highest BCUT2D eigenvalue weighted by Crippen LogP contribution is 2.35. The van der Waals surface area contributed by atoms with Gasteiger partial charge >= 0.3 is 0 Å². The molecule has 0 aliphatic heterocycles. The van der Waals surface area contributed by atoms with Crippen LogP contribution in [-0.4, -0.2) is 43.5 Å². The number of nitrogens with one attached hydrogen (secondary N) is 1. The molecule has 0 bridgehead atoms. The highest BCUT2D eigenvalue weighted by molar-refractivity contribution is 5.82. The summed E-state index contributed by atoms with van der Waals surface area (Å²) in [6, 6.07) is 0. The molecule has 112 valence electrons. The fourth-order valence-electron chi connectivity index (χ4n) is 2.93. The zero-order chi connectivity index (χ0) is 14.7. The van der Waals surface area contributed by atoms with Crippen LogP contribution in [0.1, 0.15) is 46.5 Å². The number of amides is 1. The van der Waals surface area contributed by atoms with Gasteiger partial charge in [-0.05, 0) is 46.7 Å². The number of hydrogen-bond acceptors (Lipinski definition) is 3. The summed E-state index contributed by atoms with van der Waals surface area (Å²) in [6.07, 6.45) is 4.87. The van der Waals surface area contributed by atoms with Crippen LogP contribution in [-0.2, 0) is 4.79 Å². The lowest BCUT2D eigenvalue weighted by Crippen LogP contribution is -2.56. The zero-order valence-electron chi connectivity index (χ0n) is 13.3. The number of hydrogen-bond donors (Lipinski definition) is 2. The molecule has 1 saturated carbocycles. The summed E-state index contributed by atoms with van der Waals surface area (Å²) < 4.78 is 0. The van der Waals surface area contributed by atoms with Gasteiger partial charge in [0, 0.05) is 18.6 Å². The third-order valence-corrected chi connectivity index (χ3v) is 4.72. The summed E-state index contributed by atoms with van der Waals surface area (Å²) in [7, 11) is 4.25. The molecule has 2 unspecified atom stereocenters. The molecule has 0 aromatic rings. The Morgan fingerprint density at radius 1 is 1.47 bits per heavy atom. The van der Waals surface area contributed by atoms with Crippen LogP contribution in [0.3, 0.4) is 0 Å². The Morgan fingerprint density at radius 3 is 2.58 bits per heavy atom. The molecule has 0 aromatic carbocycles. The van der Waals surface area contributed by atoms with Crippen LogP contribution >= 0.6 is 0 Å². The Labute approximate surface area is 118 Å². The molecule has 1 amide bonds. The third kappa shape index (κ3) is 3.93. The maximum Gasteiger partial charge on any atom is 0.226 e. The number of nitrogens with two attached hydrogens (primary N) is 1. The van der Waals surface area contributed by atoms with E-state index in [0.717, 1.165) is 25.3 Å². The third-order valence-electron chi connectivity index (χ3n) is 4.72. The van der Waals surface area contributed by atoms with Crippen LogP contribution in [0, 0.1) is 11.3 Å². The van der Waals surface area contributed by atoms with Crippen LogP contribution in [0.5, 0.6) is 0 Å². The smallest absolute Gasteiger partial charge is 0.226 e. The van der Waals surface area contributed by atoms with E-state index in [0.29, 0.717) is 6.54 Å². The van der Waals surface area contributed by atoms with Gasteiger partial charge in [0.1, 0.15) is 0 Å². The standard InChI is InChI=1S/C15H31N3O/c1-12-7-6-8-15(9-12,18(4)5)11-17-13(19)14(2,3)10-16/h12H,6-11,16H2,1-5H3,(H,17,19). The Hall–Kier alpha value is -0.610. The van der Waals surface area contributed by atoms with Crippen molar-refractivity contribution in [1.29, 1.82) is 0 Å². The SMILES string of the molecule is CC1CCCC(CNC(=O)C(C)(C)CN)(N(C)C)C1. The molecule has 1 rings (SSSR count). The second-order valence-corrected chi connectivity index (χ2v) is 7.09. The Balaban J connectivity index is 2.68. The molecular formula is C15H31N3O. The molecule has 1 aliphatic rings. The van der Waals surface area contributed by atoms with Crippen LogP contribution in [0.2, 0.25) is 0 Å². The molecule has 3 N–H and O–H groups in total. The predicted octanol–water partition coefficient (Wildman–Crippen LogP) is 1.60. The predicted molar refractivity (Wildman–Crippen MR) is 79.9 cm³/mol. The van der Waals surface area contributed by atoms with Crippen molar-refractivity contribution in [2.75, 3.05) is 27.2 Å². The van der Waals surface area contributed by atoms with Gasteiger partial charge in [-0.15, -0.1) is 0 Å². The van der Waals surface area contributed by atoms with Gasteiger partial charge in [-0.2, -0.15) is 0 Å². The molecule has 4 heteroatoms. The van der Waals surface area contributed by atoms with E-state index in [1.807, 2.05) is 13.8 Å². The second-order valence-electron chi connectivity index (χ2n) is 7.09. The van der Waals surface area contributed by atoms with Crippen molar-refractivity contribution in [2.45, 2.75) is 52.0 Å². The fraction of sp³-hybridized carbons (Fsp3) is 0.933. The van der Waals surface area contributed by atoms with Gasteiger partial charge in [0.05, 0.1) is 5.41 Å². The molecule has 1 fully saturated rings. The van der Waals surface area contributed by atoms with Crippen LogP contribution in [0.15, 0.2) is 0 Å². The first-order valence-corrected chi connectivity index (χ1v) is 7.39. The molecule has 19 heavy (non-hydrogen) atoms. The highest BCUT2D eigenvalue weighted by Gasteiger charge is 2.38. The molecule has 1 aliphatic carbocycles. The average molecular weight is 269 g/mol. The molecular weight excluding hydrogens is 238 g/mol. The van der Waals surface area contributed by atoms with Crippen LogP contribution < -0.4 is 11.1 Å². The maximum atomic E-state index is 12.2. The van der Waals surface area contributed by atoms with E-state index in [1.54, 1.807) is 0 Å². The lowest BCUT2D eigenvalue weighted by molar-refractivity contribution is -0.129. The summed E-state index contributed by atoms with van der Waals surface area (Å²) in [6.45, 7) is 7.21. The summed E-state index contributed by atoms with van der Waals surface area (Å²) >= 11 is 0. The minimum atomic E-state index is -0.478. The lowest BCUT2D eigenvalue weighted by atomic mass is 9.75. The van der Waals surface area contributed by atoms with Gasteiger partial charge in [-0.1, -0.05) is 19.8 Å². The van der Waals surface area contributed by atoms with Gasteiger partial charge in [-0.25, -0.2) is 0 Å². The fourth-order valence-corrected chi connectivity index (χ4v) is 2.93. The van der Waals surface area contributed by atoms with Crippen molar-refractivity contribution in [3.63, 3.8) is 0 Å². The average Bonchev–Trinajstić information content (AvgIpc) is 2.35. The van der Waals surface area contributed by atoms with Crippen molar-refractivity contribution >= 4 is 5.91 Å². The number of carbonyl (C=O) groups is 1. The normalized spacial score (nSPS) is 28.5. The zero-order valence-corrected chi connectivity index (χ0v) is 13.3. The Kier molecular flexibility index (Phi) is 5.39. The molecule has 0 radical (unpaired) electrons. The van der Waals surface area contributed by atoms with Gasteiger partial charge in [0.15, 0.2) is 0 Å². The molecule has 0 saturated heterocycles.